The second kappa shape index (κ2) is 10.5. The molecule has 0 amide bonds. The molecule has 0 aromatic heterocycles. The second-order valence-electron chi connectivity index (χ2n) is 3.09. The van der Waals surface area contributed by atoms with Crippen molar-refractivity contribution in [3.8, 4) is 0 Å². The Hall–Kier alpha value is -0.610. The summed E-state index contributed by atoms with van der Waals surface area (Å²) in [5.41, 5.74) is 0. The SMILES string of the molecule is CCOC(=O)CCNCCCCCO. The Morgan fingerprint density at radius 1 is 1.29 bits per heavy atom. The molecule has 0 bridgehead atoms. The Bertz CT molecular complexity index is 139. The van der Waals surface area contributed by atoms with E-state index in [9.17, 15) is 4.79 Å². The molecule has 0 aliphatic heterocycles. The Morgan fingerprint density at radius 3 is 2.71 bits per heavy atom. The molecule has 0 saturated heterocycles. The molecule has 0 rings (SSSR count). The number of aliphatic hydroxyl groups excluding tert-OH is 1. The summed E-state index contributed by atoms with van der Waals surface area (Å²) in [4.78, 5) is 10.9. The summed E-state index contributed by atoms with van der Waals surface area (Å²) in [7, 11) is 0. The predicted octanol–water partition coefficient (Wildman–Crippen LogP) is 0.692. The van der Waals surface area contributed by atoms with Crippen molar-refractivity contribution >= 4 is 5.97 Å². The maximum Gasteiger partial charge on any atom is 0.307 e. The maximum absolute atomic E-state index is 10.9. The largest absolute Gasteiger partial charge is 0.466 e. The molecule has 0 unspecified atom stereocenters. The normalized spacial score (nSPS) is 10.1. The average Bonchev–Trinajstić information content (AvgIpc) is 2.17. The van der Waals surface area contributed by atoms with E-state index in [1.807, 2.05) is 0 Å². The lowest BCUT2D eigenvalue weighted by molar-refractivity contribution is -0.142. The molecule has 0 aliphatic rings. The number of esters is 1. The van der Waals surface area contributed by atoms with E-state index < -0.39 is 0 Å². The zero-order valence-electron chi connectivity index (χ0n) is 8.92. The van der Waals surface area contributed by atoms with Crippen LogP contribution in [0.15, 0.2) is 0 Å². The van der Waals surface area contributed by atoms with Crippen molar-refractivity contribution in [2.45, 2.75) is 32.6 Å². The molecule has 0 fully saturated rings. The number of nitrogens with one attached hydrogen (secondary N) is 1. The number of ether oxygens (including phenoxy) is 1. The summed E-state index contributed by atoms with van der Waals surface area (Å²) >= 11 is 0. The molecule has 4 heteroatoms. The van der Waals surface area contributed by atoms with Crippen LogP contribution in [0.5, 0.6) is 0 Å². The molecule has 0 heterocycles. The van der Waals surface area contributed by atoms with Crippen LogP contribution in [0.4, 0.5) is 0 Å². The van der Waals surface area contributed by atoms with Gasteiger partial charge >= 0.3 is 5.97 Å². The van der Waals surface area contributed by atoms with Crippen LogP contribution < -0.4 is 5.32 Å². The Balaban J connectivity index is 3.01. The van der Waals surface area contributed by atoms with Gasteiger partial charge in [0.25, 0.3) is 0 Å². The lowest BCUT2D eigenvalue weighted by Gasteiger charge is -2.04. The summed E-state index contributed by atoms with van der Waals surface area (Å²) < 4.78 is 4.77. The molecule has 2 N–H and O–H groups in total. The first-order valence-electron chi connectivity index (χ1n) is 5.28. The van der Waals surface area contributed by atoms with Crippen molar-refractivity contribution in [2.24, 2.45) is 0 Å². The fraction of sp³-hybridized carbons (Fsp3) is 0.900. The molecule has 0 aromatic carbocycles. The van der Waals surface area contributed by atoms with E-state index in [-0.39, 0.29) is 12.6 Å². The first kappa shape index (κ1) is 13.4. The van der Waals surface area contributed by atoms with Gasteiger partial charge in [0.05, 0.1) is 13.0 Å². The fourth-order valence-electron chi connectivity index (χ4n) is 1.09. The zero-order chi connectivity index (χ0) is 10.6. The van der Waals surface area contributed by atoms with E-state index in [1.165, 1.54) is 0 Å². The molecule has 14 heavy (non-hydrogen) atoms. The number of hydrogen-bond donors (Lipinski definition) is 2. The van der Waals surface area contributed by atoms with Crippen LogP contribution in [-0.4, -0.2) is 37.4 Å². The van der Waals surface area contributed by atoms with Crippen LogP contribution in [0.1, 0.15) is 32.6 Å². The van der Waals surface area contributed by atoms with Gasteiger partial charge in [-0.15, -0.1) is 0 Å². The number of aliphatic hydroxyl groups is 1. The van der Waals surface area contributed by atoms with Gasteiger partial charge in [0, 0.05) is 13.2 Å². The van der Waals surface area contributed by atoms with Gasteiger partial charge in [-0.25, -0.2) is 0 Å². The number of carbonyl (C=O) groups excluding carboxylic acids is 1. The van der Waals surface area contributed by atoms with Crippen molar-refractivity contribution in [1.29, 1.82) is 0 Å². The monoisotopic (exact) mass is 203 g/mol. The first-order valence-corrected chi connectivity index (χ1v) is 5.28. The van der Waals surface area contributed by atoms with Crippen molar-refractivity contribution < 1.29 is 14.6 Å². The quantitative estimate of drug-likeness (QED) is 0.427. The van der Waals surface area contributed by atoms with Gasteiger partial charge < -0.3 is 15.2 Å². The van der Waals surface area contributed by atoms with Crippen LogP contribution in [0, 0.1) is 0 Å². The van der Waals surface area contributed by atoms with E-state index in [0.717, 1.165) is 25.8 Å². The third-order valence-electron chi connectivity index (χ3n) is 1.82. The summed E-state index contributed by atoms with van der Waals surface area (Å²) in [6, 6.07) is 0. The minimum atomic E-state index is -0.143. The van der Waals surface area contributed by atoms with Gasteiger partial charge in [-0.1, -0.05) is 0 Å². The van der Waals surface area contributed by atoms with Gasteiger partial charge in [-0.2, -0.15) is 0 Å². The van der Waals surface area contributed by atoms with E-state index in [4.69, 9.17) is 9.84 Å². The number of rotatable bonds is 9. The number of unbranched alkanes of at least 4 members (excludes halogenated alkanes) is 2. The van der Waals surface area contributed by atoms with Crippen LogP contribution >= 0.6 is 0 Å². The lowest BCUT2D eigenvalue weighted by Crippen LogP contribution is -2.20. The van der Waals surface area contributed by atoms with Gasteiger partial charge in [0.2, 0.25) is 0 Å². The second-order valence-corrected chi connectivity index (χ2v) is 3.09. The Kier molecular flexibility index (Phi) is 10.0. The van der Waals surface area contributed by atoms with Gasteiger partial charge in [-0.3, -0.25) is 4.79 Å². The van der Waals surface area contributed by atoms with Crippen LogP contribution in [-0.2, 0) is 9.53 Å². The smallest absolute Gasteiger partial charge is 0.307 e. The molecule has 84 valence electrons. The number of carbonyl (C=O) groups is 1. The average molecular weight is 203 g/mol. The van der Waals surface area contributed by atoms with Crippen molar-refractivity contribution in [3.63, 3.8) is 0 Å². The minimum Gasteiger partial charge on any atom is -0.466 e. The van der Waals surface area contributed by atoms with E-state index >= 15 is 0 Å². The first-order chi connectivity index (χ1) is 6.81. The Labute approximate surface area is 85.6 Å². The highest BCUT2D eigenvalue weighted by molar-refractivity contribution is 5.69. The topological polar surface area (TPSA) is 58.6 Å². The lowest BCUT2D eigenvalue weighted by atomic mass is 10.2. The highest BCUT2D eigenvalue weighted by Crippen LogP contribution is 1.92. The van der Waals surface area contributed by atoms with Crippen molar-refractivity contribution in [1.82, 2.24) is 5.32 Å². The summed E-state index contributed by atoms with van der Waals surface area (Å²) in [5.74, 6) is -0.143. The van der Waals surface area contributed by atoms with Gasteiger partial charge in [0.1, 0.15) is 0 Å². The summed E-state index contributed by atoms with van der Waals surface area (Å²) in [6.07, 6.45) is 3.37. The standard InChI is InChI=1S/C10H21NO3/c1-2-14-10(13)6-8-11-7-4-3-5-9-12/h11-12H,2-9H2,1H3. The molecule has 0 aliphatic carbocycles. The van der Waals surface area contributed by atoms with Crippen LogP contribution in [0.25, 0.3) is 0 Å². The predicted molar refractivity (Wildman–Crippen MR) is 55.1 cm³/mol. The van der Waals surface area contributed by atoms with E-state index in [0.29, 0.717) is 19.6 Å². The summed E-state index contributed by atoms with van der Waals surface area (Å²) in [6.45, 7) is 4.11. The molecule has 0 aromatic rings. The fourth-order valence-corrected chi connectivity index (χ4v) is 1.09. The van der Waals surface area contributed by atoms with Crippen molar-refractivity contribution in [2.75, 3.05) is 26.3 Å². The zero-order valence-corrected chi connectivity index (χ0v) is 8.92. The highest BCUT2D eigenvalue weighted by Gasteiger charge is 1.99. The Morgan fingerprint density at radius 2 is 2.07 bits per heavy atom. The molecule has 0 spiro atoms. The third kappa shape index (κ3) is 9.48. The summed E-state index contributed by atoms with van der Waals surface area (Å²) in [5, 5.41) is 11.7. The molecular weight excluding hydrogens is 182 g/mol. The molecule has 4 nitrogen and oxygen atoms in total. The van der Waals surface area contributed by atoms with Gasteiger partial charge in [-0.05, 0) is 32.7 Å². The highest BCUT2D eigenvalue weighted by atomic mass is 16.5. The maximum atomic E-state index is 10.9. The van der Waals surface area contributed by atoms with Crippen LogP contribution in [0.2, 0.25) is 0 Å². The molecular formula is C10H21NO3. The minimum absolute atomic E-state index is 0.143. The van der Waals surface area contributed by atoms with Crippen LogP contribution in [0.3, 0.4) is 0 Å². The molecule has 0 saturated carbocycles. The third-order valence-corrected chi connectivity index (χ3v) is 1.82. The van der Waals surface area contributed by atoms with E-state index in [2.05, 4.69) is 5.32 Å². The number of hydrogen-bond acceptors (Lipinski definition) is 4. The molecule has 0 atom stereocenters. The van der Waals surface area contributed by atoms with E-state index in [1.54, 1.807) is 6.92 Å². The van der Waals surface area contributed by atoms with Gasteiger partial charge in [0.15, 0.2) is 0 Å². The molecule has 0 radical (unpaired) electrons. The van der Waals surface area contributed by atoms with Crippen molar-refractivity contribution in [3.05, 3.63) is 0 Å².